The van der Waals surface area contributed by atoms with Crippen molar-refractivity contribution < 1.29 is 22.9 Å². The monoisotopic (exact) mass is 308 g/mol. The summed E-state index contributed by atoms with van der Waals surface area (Å²) in [5.74, 6) is -0.935. The summed E-state index contributed by atoms with van der Waals surface area (Å²) in [6.07, 6.45) is 0. The van der Waals surface area contributed by atoms with Crippen molar-refractivity contribution in [1.82, 2.24) is 0 Å². The summed E-state index contributed by atoms with van der Waals surface area (Å²) in [6.45, 7) is 0. The van der Waals surface area contributed by atoms with Gasteiger partial charge in [0.05, 0.1) is 17.7 Å². The van der Waals surface area contributed by atoms with Crippen LogP contribution < -0.4 is 9.46 Å². The standard InChI is InChI=1S/C9H9ClN2O6S/c1-18-8-3-2-6(4-7(8)12(14)15)11-19(16,17)5-9(10)13/h2-4,11H,5H2,1H3. The number of hydrogen-bond acceptors (Lipinski definition) is 6. The van der Waals surface area contributed by atoms with Gasteiger partial charge < -0.3 is 4.74 Å². The number of ether oxygens (including phenoxy) is 1. The highest BCUT2D eigenvalue weighted by atomic mass is 35.5. The van der Waals surface area contributed by atoms with E-state index in [0.717, 1.165) is 6.07 Å². The molecule has 0 aliphatic rings. The molecule has 0 saturated heterocycles. The molecule has 0 radical (unpaired) electrons. The fraction of sp³-hybridized carbons (Fsp3) is 0.222. The molecule has 1 N–H and O–H groups in total. The van der Waals surface area contributed by atoms with Gasteiger partial charge in [0.15, 0.2) is 5.75 Å². The maximum absolute atomic E-state index is 11.4. The Morgan fingerprint density at radius 3 is 2.63 bits per heavy atom. The van der Waals surface area contributed by atoms with Crippen LogP contribution in [0.4, 0.5) is 11.4 Å². The third kappa shape index (κ3) is 4.38. The van der Waals surface area contributed by atoms with Crippen LogP contribution in [0.5, 0.6) is 5.75 Å². The van der Waals surface area contributed by atoms with Gasteiger partial charge in [-0.25, -0.2) is 8.42 Å². The number of benzene rings is 1. The molecule has 0 fully saturated rings. The van der Waals surface area contributed by atoms with Gasteiger partial charge in [-0.05, 0) is 23.7 Å². The van der Waals surface area contributed by atoms with Crippen LogP contribution in [0.15, 0.2) is 18.2 Å². The van der Waals surface area contributed by atoms with Gasteiger partial charge >= 0.3 is 5.69 Å². The SMILES string of the molecule is COc1ccc(NS(=O)(=O)CC(=O)Cl)cc1[N+](=O)[O-]. The molecule has 0 atom stereocenters. The molecule has 0 unspecified atom stereocenters. The third-order valence-corrected chi connectivity index (χ3v) is 3.43. The molecule has 0 aromatic heterocycles. The number of anilines is 1. The molecule has 0 heterocycles. The number of methoxy groups -OCH3 is 1. The van der Waals surface area contributed by atoms with Crippen molar-refractivity contribution in [2.45, 2.75) is 0 Å². The highest BCUT2D eigenvalue weighted by molar-refractivity contribution is 7.93. The first-order valence-corrected chi connectivity index (χ1v) is 6.79. The Morgan fingerprint density at radius 2 is 2.16 bits per heavy atom. The molecule has 0 spiro atoms. The van der Waals surface area contributed by atoms with Gasteiger partial charge in [-0.1, -0.05) is 0 Å². The molecule has 19 heavy (non-hydrogen) atoms. The van der Waals surface area contributed by atoms with Crippen molar-refractivity contribution in [3.8, 4) is 5.75 Å². The van der Waals surface area contributed by atoms with Crippen molar-refractivity contribution in [3.63, 3.8) is 0 Å². The van der Waals surface area contributed by atoms with Crippen molar-refractivity contribution in [2.24, 2.45) is 0 Å². The minimum absolute atomic E-state index is 0.0126. The van der Waals surface area contributed by atoms with Crippen molar-refractivity contribution in [1.29, 1.82) is 0 Å². The van der Waals surface area contributed by atoms with E-state index in [4.69, 9.17) is 16.3 Å². The highest BCUT2D eigenvalue weighted by Crippen LogP contribution is 2.29. The largest absolute Gasteiger partial charge is 0.490 e. The van der Waals surface area contributed by atoms with Crippen LogP contribution in [0, 0.1) is 10.1 Å². The Kier molecular flexibility index (Phi) is 4.67. The van der Waals surface area contributed by atoms with E-state index in [1.54, 1.807) is 0 Å². The average molecular weight is 309 g/mol. The van der Waals surface area contributed by atoms with Gasteiger partial charge in [0.25, 0.3) is 0 Å². The Bertz CT molecular complexity index is 615. The Morgan fingerprint density at radius 1 is 1.53 bits per heavy atom. The van der Waals surface area contributed by atoms with Crippen LogP contribution in [0.2, 0.25) is 0 Å². The number of nitrogens with zero attached hydrogens (tertiary/aromatic N) is 1. The molecule has 104 valence electrons. The lowest BCUT2D eigenvalue weighted by Gasteiger charge is -2.07. The van der Waals surface area contributed by atoms with Crippen LogP contribution in [0.1, 0.15) is 0 Å². The lowest BCUT2D eigenvalue weighted by molar-refractivity contribution is -0.385. The van der Waals surface area contributed by atoms with Crippen LogP contribution in [0.3, 0.4) is 0 Å². The molecule has 10 heteroatoms. The zero-order valence-corrected chi connectivity index (χ0v) is 11.2. The first kappa shape index (κ1) is 15.2. The van der Waals surface area contributed by atoms with Crippen molar-refractivity contribution in [3.05, 3.63) is 28.3 Å². The molecule has 1 aromatic rings. The molecule has 0 aliphatic carbocycles. The first-order chi connectivity index (χ1) is 8.75. The van der Waals surface area contributed by atoms with Gasteiger partial charge in [-0.2, -0.15) is 0 Å². The summed E-state index contributed by atoms with van der Waals surface area (Å²) < 4.78 is 29.6. The van der Waals surface area contributed by atoms with Gasteiger partial charge in [0.1, 0.15) is 5.75 Å². The smallest absolute Gasteiger partial charge is 0.312 e. The van der Waals surface area contributed by atoms with Gasteiger partial charge in [0, 0.05) is 6.07 Å². The molecular formula is C9H9ClN2O6S. The summed E-state index contributed by atoms with van der Waals surface area (Å²) in [7, 11) is -2.74. The lowest BCUT2D eigenvalue weighted by atomic mass is 10.2. The van der Waals surface area contributed by atoms with E-state index < -0.39 is 31.6 Å². The molecule has 0 amide bonds. The Balaban J connectivity index is 3.07. The lowest BCUT2D eigenvalue weighted by Crippen LogP contribution is -2.20. The number of nitro groups is 1. The zero-order chi connectivity index (χ0) is 14.6. The van der Waals surface area contributed by atoms with E-state index in [9.17, 15) is 23.3 Å². The number of nitrogens with one attached hydrogen (secondary N) is 1. The summed E-state index contributed by atoms with van der Waals surface area (Å²) in [6, 6.07) is 3.48. The van der Waals surface area contributed by atoms with Crippen LogP contribution in [-0.4, -0.2) is 31.4 Å². The van der Waals surface area contributed by atoms with E-state index in [-0.39, 0.29) is 11.4 Å². The normalized spacial score (nSPS) is 10.8. The minimum Gasteiger partial charge on any atom is -0.490 e. The maximum atomic E-state index is 11.4. The van der Waals surface area contributed by atoms with Crippen molar-refractivity contribution in [2.75, 3.05) is 17.6 Å². The van der Waals surface area contributed by atoms with E-state index in [2.05, 4.69) is 0 Å². The van der Waals surface area contributed by atoms with E-state index in [1.807, 2.05) is 4.72 Å². The zero-order valence-electron chi connectivity index (χ0n) is 9.62. The Hall–Kier alpha value is -1.87. The van der Waals surface area contributed by atoms with Crippen molar-refractivity contribution >= 4 is 38.2 Å². The Labute approximate surface area is 113 Å². The minimum atomic E-state index is -3.99. The molecule has 1 rings (SSSR count). The van der Waals surface area contributed by atoms with E-state index >= 15 is 0 Å². The second-order valence-corrected chi connectivity index (χ2v) is 5.50. The van der Waals surface area contributed by atoms with Gasteiger partial charge in [0.2, 0.25) is 15.3 Å². The van der Waals surface area contributed by atoms with Crippen LogP contribution in [0.25, 0.3) is 0 Å². The first-order valence-electron chi connectivity index (χ1n) is 4.76. The third-order valence-electron chi connectivity index (χ3n) is 1.95. The number of carbonyl (C=O) groups is 1. The molecule has 8 nitrogen and oxygen atoms in total. The summed E-state index contributed by atoms with van der Waals surface area (Å²) in [4.78, 5) is 20.6. The number of nitro benzene ring substituents is 1. The van der Waals surface area contributed by atoms with Crippen LogP contribution >= 0.6 is 11.6 Å². The average Bonchev–Trinajstić information content (AvgIpc) is 2.26. The number of sulfonamides is 1. The number of halogens is 1. The van der Waals surface area contributed by atoms with Gasteiger partial charge in [-0.3, -0.25) is 19.6 Å². The number of rotatable bonds is 6. The number of carbonyl (C=O) groups excluding carboxylic acids is 1. The fourth-order valence-corrected chi connectivity index (χ4v) is 2.55. The topological polar surface area (TPSA) is 116 Å². The summed E-state index contributed by atoms with van der Waals surface area (Å²) >= 11 is 4.97. The van der Waals surface area contributed by atoms with E-state index in [0.29, 0.717) is 0 Å². The highest BCUT2D eigenvalue weighted by Gasteiger charge is 2.19. The molecule has 0 bridgehead atoms. The fourth-order valence-electron chi connectivity index (χ4n) is 1.26. The molecule has 1 aromatic carbocycles. The molecule has 0 saturated carbocycles. The number of hydrogen-bond donors (Lipinski definition) is 1. The van der Waals surface area contributed by atoms with Gasteiger partial charge in [-0.15, -0.1) is 0 Å². The second kappa shape index (κ2) is 5.85. The van der Waals surface area contributed by atoms with Crippen LogP contribution in [-0.2, 0) is 14.8 Å². The van der Waals surface area contributed by atoms with E-state index in [1.165, 1.54) is 19.2 Å². The predicted octanol–water partition coefficient (Wildman–Crippen LogP) is 1.11. The molecular weight excluding hydrogens is 300 g/mol. The quantitative estimate of drug-likeness (QED) is 0.478. The molecule has 0 aliphatic heterocycles. The predicted molar refractivity (Wildman–Crippen MR) is 67.9 cm³/mol. The summed E-state index contributed by atoms with van der Waals surface area (Å²) in [5, 5.41) is 9.69. The summed E-state index contributed by atoms with van der Waals surface area (Å²) in [5.41, 5.74) is -0.467. The second-order valence-electron chi connectivity index (χ2n) is 3.36. The maximum Gasteiger partial charge on any atom is 0.312 e.